The number of carbonyl (C=O) groups excluding carboxylic acids is 2. The van der Waals surface area contributed by atoms with E-state index in [4.69, 9.17) is 4.74 Å². The molecule has 1 amide bonds. The Morgan fingerprint density at radius 1 is 1.16 bits per heavy atom. The molecule has 1 N–H and O–H groups in total. The summed E-state index contributed by atoms with van der Waals surface area (Å²) in [5.74, 6) is -0.963. The number of rotatable bonds is 5. The number of para-hydroxylation sites is 2. The lowest BCUT2D eigenvalue weighted by atomic mass is 10.2. The largest absolute Gasteiger partial charge is 0.452 e. The van der Waals surface area contributed by atoms with E-state index in [1.54, 1.807) is 12.1 Å². The molecule has 0 aliphatic heterocycles. The van der Waals surface area contributed by atoms with Gasteiger partial charge in [-0.25, -0.2) is 9.78 Å². The lowest BCUT2D eigenvalue weighted by molar-refractivity contribution is -0.142. The van der Waals surface area contributed by atoms with Gasteiger partial charge in [-0.1, -0.05) is 30.3 Å². The van der Waals surface area contributed by atoms with Gasteiger partial charge < -0.3 is 10.1 Å². The van der Waals surface area contributed by atoms with Crippen LogP contribution in [-0.2, 0) is 14.3 Å². The molecule has 0 fully saturated rings. The van der Waals surface area contributed by atoms with E-state index in [9.17, 15) is 9.59 Å². The number of aromatic nitrogens is 1. The van der Waals surface area contributed by atoms with Crippen molar-refractivity contribution in [3.05, 3.63) is 65.2 Å². The van der Waals surface area contributed by atoms with Crippen molar-refractivity contribution < 1.29 is 14.3 Å². The zero-order valence-electron chi connectivity index (χ0n) is 13.6. The number of nitrogens with zero attached hydrogens (tertiary/aromatic N) is 1. The van der Waals surface area contributed by atoms with E-state index in [0.717, 1.165) is 15.8 Å². The van der Waals surface area contributed by atoms with Crippen LogP contribution in [-0.4, -0.2) is 23.5 Å². The van der Waals surface area contributed by atoms with E-state index >= 15 is 0 Å². The number of fused-ring (bicyclic) bond motifs is 1. The van der Waals surface area contributed by atoms with Crippen LogP contribution in [0.15, 0.2) is 54.6 Å². The smallest absolute Gasteiger partial charge is 0.331 e. The Morgan fingerprint density at radius 3 is 2.72 bits per heavy atom. The summed E-state index contributed by atoms with van der Waals surface area (Å²) in [7, 11) is 0. The summed E-state index contributed by atoms with van der Waals surface area (Å²) in [4.78, 5) is 28.0. The molecule has 0 radical (unpaired) electrons. The van der Waals surface area contributed by atoms with Gasteiger partial charge in [-0.05, 0) is 36.8 Å². The summed E-state index contributed by atoms with van der Waals surface area (Å²) in [6.07, 6.45) is 2.87. The topological polar surface area (TPSA) is 68.3 Å². The molecular formula is C19H16N2O3S. The monoisotopic (exact) mass is 352 g/mol. The van der Waals surface area contributed by atoms with Crippen LogP contribution in [0.4, 0.5) is 5.69 Å². The molecule has 6 heteroatoms. The van der Waals surface area contributed by atoms with Gasteiger partial charge in [-0.3, -0.25) is 4.79 Å². The Hall–Kier alpha value is -2.99. The van der Waals surface area contributed by atoms with Gasteiger partial charge >= 0.3 is 5.97 Å². The number of ether oxygens (including phenoxy) is 1. The molecule has 0 unspecified atom stereocenters. The Labute approximate surface area is 149 Å². The fourth-order valence-corrected chi connectivity index (χ4v) is 3.06. The van der Waals surface area contributed by atoms with Crippen molar-refractivity contribution in [1.82, 2.24) is 4.98 Å². The van der Waals surface area contributed by atoms with E-state index in [1.807, 2.05) is 49.4 Å². The molecule has 0 spiro atoms. The van der Waals surface area contributed by atoms with Crippen LogP contribution in [0, 0.1) is 6.92 Å². The van der Waals surface area contributed by atoms with Crippen molar-refractivity contribution in [3.8, 4) is 0 Å². The highest BCUT2D eigenvalue weighted by atomic mass is 32.1. The van der Waals surface area contributed by atoms with Crippen LogP contribution in [0.2, 0.25) is 0 Å². The average Bonchev–Trinajstić information content (AvgIpc) is 3.03. The molecule has 3 rings (SSSR count). The molecule has 0 saturated heterocycles. The maximum atomic E-state index is 11.8. The molecule has 1 aromatic heterocycles. The normalized spacial score (nSPS) is 10.9. The van der Waals surface area contributed by atoms with Crippen LogP contribution < -0.4 is 5.32 Å². The van der Waals surface area contributed by atoms with Crippen molar-refractivity contribution in [2.24, 2.45) is 0 Å². The minimum Gasteiger partial charge on any atom is -0.452 e. The summed E-state index contributed by atoms with van der Waals surface area (Å²) in [6, 6.07) is 15.1. The average molecular weight is 352 g/mol. The second kappa shape index (κ2) is 7.72. The number of amides is 1. The lowest BCUT2D eigenvalue weighted by Crippen LogP contribution is -2.20. The molecule has 0 saturated carbocycles. The molecule has 25 heavy (non-hydrogen) atoms. The minimum absolute atomic E-state index is 0.336. The number of anilines is 1. The summed E-state index contributed by atoms with van der Waals surface area (Å²) in [5.41, 5.74) is 2.53. The third-order valence-electron chi connectivity index (χ3n) is 3.44. The van der Waals surface area contributed by atoms with Crippen LogP contribution >= 0.6 is 11.3 Å². The van der Waals surface area contributed by atoms with Gasteiger partial charge in [0.15, 0.2) is 6.61 Å². The molecule has 0 bridgehead atoms. The summed E-state index contributed by atoms with van der Waals surface area (Å²) < 4.78 is 6.00. The fraction of sp³-hybridized carbons (Fsp3) is 0.105. The SMILES string of the molecule is Cc1ccccc1NC(=O)COC(=O)/C=C/c1nc2ccccc2s1. The maximum Gasteiger partial charge on any atom is 0.331 e. The number of benzene rings is 2. The molecule has 5 nitrogen and oxygen atoms in total. The zero-order chi connectivity index (χ0) is 17.6. The molecule has 3 aromatic rings. The minimum atomic E-state index is -0.584. The third-order valence-corrected chi connectivity index (χ3v) is 4.44. The van der Waals surface area contributed by atoms with E-state index in [-0.39, 0.29) is 12.5 Å². The van der Waals surface area contributed by atoms with Gasteiger partial charge in [0.05, 0.1) is 10.2 Å². The predicted molar refractivity (Wildman–Crippen MR) is 99.4 cm³/mol. The standard InChI is InChI=1S/C19H16N2O3S/c1-13-6-2-3-7-14(13)20-17(22)12-24-19(23)11-10-18-21-15-8-4-5-9-16(15)25-18/h2-11H,12H2,1H3,(H,20,22)/b11-10+. The second-order valence-corrected chi connectivity index (χ2v) is 6.39. The van der Waals surface area contributed by atoms with E-state index < -0.39 is 5.97 Å². The molecule has 0 atom stereocenters. The van der Waals surface area contributed by atoms with Crippen LogP contribution in [0.5, 0.6) is 0 Å². The highest BCUT2D eigenvalue weighted by Crippen LogP contribution is 2.22. The number of nitrogens with one attached hydrogen (secondary N) is 1. The van der Waals surface area contributed by atoms with Gasteiger partial charge in [0, 0.05) is 11.8 Å². The van der Waals surface area contributed by atoms with Gasteiger partial charge in [0.2, 0.25) is 0 Å². The lowest BCUT2D eigenvalue weighted by Gasteiger charge is -2.07. The second-order valence-electron chi connectivity index (χ2n) is 5.32. The molecule has 2 aromatic carbocycles. The van der Waals surface area contributed by atoms with Crippen molar-refractivity contribution >= 4 is 45.2 Å². The summed E-state index contributed by atoms with van der Waals surface area (Å²) >= 11 is 1.48. The van der Waals surface area contributed by atoms with Gasteiger partial charge in [-0.2, -0.15) is 0 Å². The first-order valence-corrected chi connectivity index (χ1v) is 8.49. The number of hydrogen-bond acceptors (Lipinski definition) is 5. The number of hydrogen-bond donors (Lipinski definition) is 1. The Balaban J connectivity index is 1.52. The molecule has 0 aliphatic carbocycles. The van der Waals surface area contributed by atoms with Crippen molar-refractivity contribution in [3.63, 3.8) is 0 Å². The highest BCUT2D eigenvalue weighted by molar-refractivity contribution is 7.19. The first-order chi connectivity index (χ1) is 12.1. The first kappa shape index (κ1) is 16.9. The number of carbonyl (C=O) groups is 2. The Kier molecular flexibility index (Phi) is 5.20. The fourth-order valence-electron chi connectivity index (χ4n) is 2.18. The van der Waals surface area contributed by atoms with Crippen molar-refractivity contribution in [2.75, 3.05) is 11.9 Å². The zero-order valence-corrected chi connectivity index (χ0v) is 14.4. The van der Waals surface area contributed by atoms with Crippen LogP contribution in [0.3, 0.4) is 0 Å². The maximum absolute atomic E-state index is 11.8. The highest BCUT2D eigenvalue weighted by Gasteiger charge is 2.07. The molecule has 0 aliphatic rings. The van der Waals surface area contributed by atoms with Crippen molar-refractivity contribution in [1.29, 1.82) is 0 Å². The third kappa shape index (κ3) is 4.51. The number of aryl methyl sites for hydroxylation is 1. The van der Waals surface area contributed by atoms with Crippen molar-refractivity contribution in [2.45, 2.75) is 6.92 Å². The van der Waals surface area contributed by atoms with E-state index in [2.05, 4.69) is 10.3 Å². The predicted octanol–water partition coefficient (Wildman–Crippen LogP) is 3.80. The quantitative estimate of drug-likeness (QED) is 0.560. The Morgan fingerprint density at radius 2 is 1.92 bits per heavy atom. The van der Waals surface area contributed by atoms with Gasteiger partial charge in [0.1, 0.15) is 5.01 Å². The summed E-state index contributed by atoms with van der Waals surface area (Å²) in [6.45, 7) is 1.56. The first-order valence-electron chi connectivity index (χ1n) is 7.68. The molecule has 126 valence electrons. The van der Waals surface area contributed by atoms with Crippen LogP contribution in [0.1, 0.15) is 10.6 Å². The Bertz CT molecular complexity index is 914. The van der Waals surface area contributed by atoms with Gasteiger partial charge in [0.25, 0.3) is 5.91 Å². The van der Waals surface area contributed by atoms with E-state index in [1.165, 1.54) is 17.4 Å². The number of esters is 1. The van der Waals surface area contributed by atoms with Gasteiger partial charge in [-0.15, -0.1) is 11.3 Å². The van der Waals surface area contributed by atoms with E-state index in [0.29, 0.717) is 10.7 Å². The summed E-state index contributed by atoms with van der Waals surface area (Å²) in [5, 5.41) is 3.42. The number of thiazole rings is 1. The molecular weight excluding hydrogens is 336 g/mol. The molecule has 1 heterocycles. The van der Waals surface area contributed by atoms with Crippen LogP contribution in [0.25, 0.3) is 16.3 Å².